The molecule has 0 heterocycles. The maximum Gasteiger partial charge on any atom is 0.269 e. The number of hydrogen-bond acceptors (Lipinski definition) is 4. The number of rotatable bonds is 6. The van der Waals surface area contributed by atoms with Crippen molar-refractivity contribution in [3.63, 3.8) is 0 Å². The highest BCUT2D eigenvalue weighted by atomic mass is 32.2. The quantitative estimate of drug-likeness (QED) is 0.327. The van der Waals surface area contributed by atoms with Gasteiger partial charge in [0.15, 0.2) is 5.11 Å². The third kappa shape index (κ3) is 6.29. The summed E-state index contributed by atoms with van der Waals surface area (Å²) in [6.45, 7) is 4.39. The van der Waals surface area contributed by atoms with Crippen LogP contribution in [0.5, 0.6) is 0 Å². The Morgan fingerprint density at radius 1 is 0.875 bits per heavy atom. The van der Waals surface area contributed by atoms with Gasteiger partial charge in [0, 0.05) is 17.8 Å². The Bertz CT molecular complexity index is 1210. The first kappa shape index (κ1) is 23.2. The van der Waals surface area contributed by atoms with E-state index < -0.39 is 15.9 Å². The molecule has 0 aromatic heterocycles. The molecule has 0 bridgehead atoms. The Kier molecular flexibility index (Phi) is 7.45. The third-order valence-corrected chi connectivity index (χ3v) is 6.41. The van der Waals surface area contributed by atoms with Crippen LogP contribution in [-0.4, -0.2) is 19.4 Å². The zero-order valence-corrected chi connectivity index (χ0v) is 19.3. The van der Waals surface area contributed by atoms with E-state index in [4.69, 9.17) is 12.2 Å². The highest BCUT2D eigenvalue weighted by Crippen LogP contribution is 2.19. The first-order chi connectivity index (χ1) is 15.2. The minimum absolute atomic E-state index is 0.0558. The van der Waals surface area contributed by atoms with Crippen molar-refractivity contribution in [3.8, 4) is 0 Å². The largest absolute Gasteiger partial charge is 0.357 e. The fourth-order valence-electron chi connectivity index (χ4n) is 2.81. The van der Waals surface area contributed by atoms with Crippen LogP contribution in [0.4, 0.5) is 5.69 Å². The van der Waals surface area contributed by atoms with E-state index in [1.807, 2.05) is 50.2 Å². The van der Waals surface area contributed by atoms with Gasteiger partial charge in [-0.1, -0.05) is 36.4 Å². The number of nitrogens with one attached hydrogen (secondary N) is 4. The van der Waals surface area contributed by atoms with Crippen LogP contribution < -0.4 is 20.9 Å². The second-order valence-corrected chi connectivity index (χ2v) is 9.27. The number of anilines is 1. The van der Waals surface area contributed by atoms with E-state index in [0.717, 1.165) is 16.7 Å². The van der Waals surface area contributed by atoms with Crippen molar-refractivity contribution in [2.75, 3.05) is 4.72 Å². The zero-order chi connectivity index (χ0) is 23.1. The summed E-state index contributed by atoms with van der Waals surface area (Å²) in [5, 5.41) is 3.25. The van der Waals surface area contributed by atoms with Crippen LogP contribution in [0.2, 0.25) is 0 Å². The number of aryl methyl sites for hydroxylation is 2. The van der Waals surface area contributed by atoms with Gasteiger partial charge in [0.1, 0.15) is 0 Å². The monoisotopic (exact) mass is 468 g/mol. The molecular formula is C23H24N4O3S2. The molecule has 0 atom stereocenters. The minimum Gasteiger partial charge on any atom is -0.357 e. The van der Waals surface area contributed by atoms with Crippen LogP contribution in [0.15, 0.2) is 77.7 Å². The topological polar surface area (TPSA) is 99.3 Å². The van der Waals surface area contributed by atoms with Gasteiger partial charge in [0.05, 0.1) is 4.90 Å². The molecule has 7 nitrogen and oxygen atoms in total. The van der Waals surface area contributed by atoms with Crippen molar-refractivity contribution in [1.82, 2.24) is 16.2 Å². The van der Waals surface area contributed by atoms with Crippen molar-refractivity contribution in [1.29, 1.82) is 0 Å². The van der Waals surface area contributed by atoms with Gasteiger partial charge in [0.25, 0.3) is 15.9 Å². The van der Waals surface area contributed by atoms with Crippen molar-refractivity contribution >= 4 is 38.9 Å². The smallest absolute Gasteiger partial charge is 0.269 e. The molecule has 32 heavy (non-hydrogen) atoms. The Hall–Kier alpha value is -3.43. The summed E-state index contributed by atoms with van der Waals surface area (Å²) in [5.41, 5.74) is 9.00. The maximum atomic E-state index is 12.6. The average molecular weight is 469 g/mol. The number of sulfonamides is 1. The number of hydrazine groups is 1. The summed E-state index contributed by atoms with van der Waals surface area (Å²) in [4.78, 5) is 12.4. The van der Waals surface area contributed by atoms with Gasteiger partial charge in [-0.25, -0.2) is 8.42 Å². The number of amides is 1. The van der Waals surface area contributed by atoms with Crippen LogP contribution in [0.1, 0.15) is 27.0 Å². The summed E-state index contributed by atoms with van der Waals surface area (Å²) in [7, 11) is -3.77. The first-order valence-electron chi connectivity index (χ1n) is 9.83. The number of hydrogen-bond donors (Lipinski definition) is 4. The summed E-state index contributed by atoms with van der Waals surface area (Å²) in [6, 6.07) is 20.7. The number of carbonyl (C=O) groups is 1. The second kappa shape index (κ2) is 10.3. The van der Waals surface area contributed by atoms with Gasteiger partial charge in [-0.3, -0.25) is 20.4 Å². The molecule has 0 saturated heterocycles. The molecule has 0 aliphatic heterocycles. The summed E-state index contributed by atoms with van der Waals surface area (Å²) >= 11 is 5.15. The minimum atomic E-state index is -3.77. The molecule has 166 valence electrons. The average Bonchev–Trinajstić information content (AvgIpc) is 2.79. The van der Waals surface area contributed by atoms with Crippen LogP contribution in [-0.2, 0) is 16.6 Å². The molecule has 1 amide bonds. The highest BCUT2D eigenvalue weighted by molar-refractivity contribution is 7.92. The van der Waals surface area contributed by atoms with E-state index in [1.165, 1.54) is 24.3 Å². The zero-order valence-electron chi connectivity index (χ0n) is 17.7. The van der Waals surface area contributed by atoms with Crippen LogP contribution in [0.3, 0.4) is 0 Å². The lowest BCUT2D eigenvalue weighted by atomic mass is 10.1. The number of thiocarbonyl (C=S) groups is 1. The predicted octanol–water partition coefficient (Wildman–Crippen LogP) is 3.41. The molecule has 0 fully saturated rings. The molecule has 0 spiro atoms. The molecule has 0 aliphatic carbocycles. The van der Waals surface area contributed by atoms with E-state index in [0.29, 0.717) is 12.2 Å². The predicted molar refractivity (Wildman–Crippen MR) is 130 cm³/mol. The SMILES string of the molecule is Cc1ccc(NS(=O)(=O)c2ccc(C(=O)NNC(=S)NCc3ccccc3)cc2)cc1C. The van der Waals surface area contributed by atoms with Crippen molar-refractivity contribution in [2.24, 2.45) is 0 Å². The molecule has 3 aromatic carbocycles. The first-order valence-corrected chi connectivity index (χ1v) is 11.7. The molecule has 9 heteroatoms. The molecule has 0 radical (unpaired) electrons. The normalized spacial score (nSPS) is 10.8. The lowest BCUT2D eigenvalue weighted by molar-refractivity contribution is 0.0943. The number of benzene rings is 3. The number of carbonyl (C=O) groups excluding carboxylic acids is 1. The van der Waals surface area contributed by atoms with E-state index in [2.05, 4.69) is 20.9 Å². The van der Waals surface area contributed by atoms with Gasteiger partial charge >= 0.3 is 0 Å². The van der Waals surface area contributed by atoms with Gasteiger partial charge in [-0.15, -0.1) is 0 Å². The third-order valence-electron chi connectivity index (χ3n) is 4.77. The Balaban J connectivity index is 1.55. The Labute approximate surface area is 193 Å². The van der Waals surface area contributed by atoms with Crippen molar-refractivity contribution in [2.45, 2.75) is 25.3 Å². The summed E-state index contributed by atoms with van der Waals surface area (Å²) in [6.07, 6.45) is 0. The van der Waals surface area contributed by atoms with E-state index in [1.54, 1.807) is 12.1 Å². The Morgan fingerprint density at radius 3 is 2.22 bits per heavy atom. The van der Waals surface area contributed by atoms with Gasteiger partial charge < -0.3 is 5.32 Å². The molecule has 0 unspecified atom stereocenters. The maximum absolute atomic E-state index is 12.6. The lowest BCUT2D eigenvalue weighted by Gasteiger charge is -2.12. The molecule has 0 aliphatic rings. The summed E-state index contributed by atoms with van der Waals surface area (Å²) in [5.74, 6) is -0.445. The molecule has 0 saturated carbocycles. The van der Waals surface area contributed by atoms with Crippen molar-refractivity contribution in [3.05, 3.63) is 95.1 Å². The van der Waals surface area contributed by atoms with Gasteiger partial charge in [-0.05, 0) is 79.2 Å². The van der Waals surface area contributed by atoms with Gasteiger partial charge in [0.2, 0.25) is 0 Å². The van der Waals surface area contributed by atoms with Crippen LogP contribution >= 0.6 is 12.2 Å². The highest BCUT2D eigenvalue weighted by Gasteiger charge is 2.15. The fourth-order valence-corrected chi connectivity index (χ4v) is 3.99. The Morgan fingerprint density at radius 2 is 1.56 bits per heavy atom. The summed E-state index contributed by atoms with van der Waals surface area (Å²) < 4.78 is 27.8. The van der Waals surface area contributed by atoms with Crippen LogP contribution in [0.25, 0.3) is 0 Å². The van der Waals surface area contributed by atoms with Gasteiger partial charge in [-0.2, -0.15) is 0 Å². The fraction of sp³-hybridized carbons (Fsp3) is 0.130. The molecule has 3 rings (SSSR count). The second-order valence-electron chi connectivity index (χ2n) is 7.18. The van der Waals surface area contributed by atoms with E-state index >= 15 is 0 Å². The molecule has 3 aromatic rings. The molecular weight excluding hydrogens is 444 g/mol. The van der Waals surface area contributed by atoms with Crippen LogP contribution in [0, 0.1) is 13.8 Å². The van der Waals surface area contributed by atoms with Crippen molar-refractivity contribution < 1.29 is 13.2 Å². The molecule has 4 N–H and O–H groups in total. The van der Waals surface area contributed by atoms with E-state index in [9.17, 15) is 13.2 Å². The lowest BCUT2D eigenvalue weighted by Crippen LogP contribution is -2.46. The standard InChI is InChI=1S/C23H24N4O3S2/c1-16-8-11-20(14-17(16)2)27-32(29,30)21-12-9-19(10-13-21)22(28)25-26-23(31)24-15-18-6-4-3-5-7-18/h3-14,27H,15H2,1-2H3,(H,25,28)(H2,24,26,31). The van der Waals surface area contributed by atoms with E-state index in [-0.39, 0.29) is 15.6 Å².